The van der Waals surface area contributed by atoms with Gasteiger partial charge in [0.05, 0.1) is 6.20 Å². The third kappa shape index (κ3) is 5.67. The molecule has 232 valence electrons. The van der Waals surface area contributed by atoms with Crippen LogP contribution in [0.2, 0.25) is 0 Å². The van der Waals surface area contributed by atoms with E-state index in [4.69, 9.17) is 9.84 Å². The Morgan fingerprint density at radius 3 is 2.24 bits per heavy atom. The van der Waals surface area contributed by atoms with Crippen molar-refractivity contribution >= 4 is 33.2 Å². The van der Waals surface area contributed by atoms with Crippen LogP contribution in [0.5, 0.6) is 11.5 Å². The minimum absolute atomic E-state index is 0. The first-order valence-electron chi connectivity index (χ1n) is 14.9. The van der Waals surface area contributed by atoms with Gasteiger partial charge in [0.1, 0.15) is 5.82 Å². The second-order valence-electron chi connectivity index (χ2n) is 11.8. The fourth-order valence-electron chi connectivity index (χ4n) is 5.93. The maximum absolute atomic E-state index is 6.43. The Bertz CT molecular complexity index is 2170. The molecule has 0 unspecified atom stereocenters. The van der Waals surface area contributed by atoms with E-state index in [1.807, 2.05) is 42.2 Å². The number of hydrogen-bond acceptors (Lipinski definition) is 5. The van der Waals surface area contributed by atoms with Crippen molar-refractivity contribution < 1.29 is 25.8 Å². The quantitative estimate of drug-likeness (QED) is 0.153. The normalized spacial score (nSPS) is 11.1. The molecule has 7 aromatic rings. The number of hydrogen-bond donors (Lipinski definition) is 0. The summed E-state index contributed by atoms with van der Waals surface area (Å²) >= 11 is 0. The zero-order chi connectivity index (χ0) is 31.2. The summed E-state index contributed by atoms with van der Waals surface area (Å²) in [6, 6.07) is 33.9. The molecule has 3 heterocycles. The average molecular weight is 786 g/mol. The van der Waals surface area contributed by atoms with Crippen molar-refractivity contribution in [2.24, 2.45) is 0 Å². The van der Waals surface area contributed by atoms with Crippen molar-refractivity contribution in [1.82, 2.24) is 19.3 Å². The SMILES string of the molecule is Cc1cc(Oc2[c-]c3c(cc2)c2ccccc2n3-c2cc(C)ccn2)[c-]c(-n2cc(-c3c(N(C)C)cccc3N(C)C)cn2)c1.[Pt+2]. The van der Waals surface area contributed by atoms with Gasteiger partial charge < -0.3 is 19.1 Å². The van der Waals surface area contributed by atoms with Crippen molar-refractivity contribution in [2.45, 2.75) is 13.8 Å². The number of fused-ring (bicyclic) bond motifs is 3. The minimum Gasteiger partial charge on any atom is -0.509 e. The molecular weight excluding hydrogens is 752 g/mol. The van der Waals surface area contributed by atoms with Crippen molar-refractivity contribution in [2.75, 3.05) is 38.0 Å². The third-order valence-electron chi connectivity index (χ3n) is 7.98. The van der Waals surface area contributed by atoms with Crippen LogP contribution in [0.3, 0.4) is 0 Å². The molecule has 0 radical (unpaired) electrons. The number of nitrogens with zero attached hydrogens (tertiary/aromatic N) is 6. The Kier molecular flexibility index (Phi) is 8.45. The van der Waals surface area contributed by atoms with Crippen molar-refractivity contribution in [1.29, 1.82) is 0 Å². The molecule has 0 aliphatic heterocycles. The van der Waals surface area contributed by atoms with E-state index in [-0.39, 0.29) is 21.1 Å². The summed E-state index contributed by atoms with van der Waals surface area (Å²) in [4.78, 5) is 8.95. The summed E-state index contributed by atoms with van der Waals surface area (Å²) in [7, 11) is 8.25. The van der Waals surface area contributed by atoms with E-state index in [2.05, 4.69) is 133 Å². The molecule has 0 fully saturated rings. The van der Waals surface area contributed by atoms with Crippen molar-refractivity contribution in [3.63, 3.8) is 0 Å². The van der Waals surface area contributed by atoms with Gasteiger partial charge in [-0.1, -0.05) is 36.7 Å². The van der Waals surface area contributed by atoms with Crippen LogP contribution in [0.25, 0.3) is 44.4 Å². The first-order chi connectivity index (χ1) is 21.8. The Morgan fingerprint density at radius 2 is 1.50 bits per heavy atom. The summed E-state index contributed by atoms with van der Waals surface area (Å²) in [6.45, 7) is 4.13. The maximum atomic E-state index is 6.43. The molecule has 4 aromatic carbocycles. The van der Waals surface area contributed by atoms with Crippen molar-refractivity contribution in [3.05, 3.63) is 121 Å². The van der Waals surface area contributed by atoms with Gasteiger partial charge in [-0.25, -0.2) is 4.98 Å². The maximum Gasteiger partial charge on any atom is 2.00 e. The van der Waals surface area contributed by atoms with Crippen LogP contribution in [0.15, 0.2) is 97.5 Å². The molecule has 0 amide bonds. The standard InChI is InChI=1S/C38H34N6O.Pt/c1-25-16-17-39-37(20-25)44-33-11-8-7-10-31(33)32-15-14-29(22-36(32)44)45-30-19-26(2)18-28(21-30)43-24-27(23-40-43)38-34(41(3)4)12-9-13-35(38)42(5)6;/h7-20,23-24H,1-6H3;/q-2;+2. The molecule has 46 heavy (non-hydrogen) atoms. The van der Waals surface area contributed by atoms with Gasteiger partial charge in [-0.3, -0.25) is 4.68 Å². The van der Waals surface area contributed by atoms with E-state index >= 15 is 0 Å². The molecule has 7 rings (SSSR count). The Labute approximate surface area is 283 Å². The summed E-state index contributed by atoms with van der Waals surface area (Å²) in [5.41, 5.74) is 9.37. The number of aromatic nitrogens is 4. The monoisotopic (exact) mass is 785 g/mol. The van der Waals surface area contributed by atoms with E-state index in [0.717, 1.165) is 66.9 Å². The van der Waals surface area contributed by atoms with Gasteiger partial charge in [0.2, 0.25) is 0 Å². The predicted octanol–water partition coefficient (Wildman–Crippen LogP) is 8.17. The summed E-state index contributed by atoms with van der Waals surface area (Å²) in [5, 5.41) is 6.98. The van der Waals surface area contributed by atoms with Crippen LogP contribution < -0.4 is 14.5 Å². The molecule has 0 saturated carbocycles. The second-order valence-corrected chi connectivity index (χ2v) is 11.8. The molecule has 0 aliphatic rings. The summed E-state index contributed by atoms with van der Waals surface area (Å²) < 4.78 is 10.4. The zero-order valence-corrected chi connectivity index (χ0v) is 28.9. The summed E-state index contributed by atoms with van der Waals surface area (Å²) in [6.07, 6.45) is 5.80. The Balaban J connectivity index is 0.00000372. The molecule has 8 heteroatoms. The number of para-hydroxylation sites is 1. The van der Waals surface area contributed by atoms with Gasteiger partial charge in [0, 0.05) is 80.1 Å². The number of ether oxygens (including phenoxy) is 1. The van der Waals surface area contributed by atoms with Gasteiger partial charge in [0.25, 0.3) is 0 Å². The van der Waals surface area contributed by atoms with E-state index in [1.54, 1.807) is 0 Å². The van der Waals surface area contributed by atoms with Crippen molar-refractivity contribution in [3.8, 4) is 34.1 Å². The van der Waals surface area contributed by atoms with Crippen LogP contribution in [-0.2, 0) is 21.1 Å². The predicted molar refractivity (Wildman–Crippen MR) is 183 cm³/mol. The van der Waals surface area contributed by atoms with Crippen LogP contribution in [0.1, 0.15) is 11.1 Å². The average Bonchev–Trinajstić information content (AvgIpc) is 3.63. The van der Waals surface area contributed by atoms with Gasteiger partial charge >= 0.3 is 21.1 Å². The zero-order valence-electron chi connectivity index (χ0n) is 26.6. The van der Waals surface area contributed by atoms with E-state index in [9.17, 15) is 0 Å². The number of anilines is 2. The van der Waals surface area contributed by atoms with Gasteiger partial charge in [0.15, 0.2) is 0 Å². The number of benzene rings is 4. The van der Waals surface area contributed by atoms with Crippen LogP contribution in [0.4, 0.5) is 11.4 Å². The fourth-order valence-corrected chi connectivity index (χ4v) is 5.93. The van der Waals surface area contributed by atoms with Crippen LogP contribution in [-0.4, -0.2) is 47.5 Å². The van der Waals surface area contributed by atoms with Gasteiger partial charge in [-0.2, -0.15) is 16.7 Å². The van der Waals surface area contributed by atoms with Gasteiger partial charge in [-0.05, 0) is 53.9 Å². The molecule has 3 aromatic heterocycles. The largest absolute Gasteiger partial charge is 2.00 e. The Hall–Kier alpha value is -4.87. The molecule has 0 N–H and O–H groups in total. The van der Waals surface area contributed by atoms with Crippen LogP contribution in [0, 0.1) is 26.0 Å². The number of pyridine rings is 1. The third-order valence-corrected chi connectivity index (χ3v) is 7.98. The topological polar surface area (TPSA) is 51.4 Å². The molecule has 0 bridgehead atoms. The van der Waals surface area contributed by atoms with Gasteiger partial charge in [-0.15, -0.1) is 35.7 Å². The molecule has 0 spiro atoms. The fraction of sp³-hybridized carbons (Fsp3) is 0.158. The van der Waals surface area contributed by atoms with E-state index in [1.165, 1.54) is 0 Å². The molecule has 7 nitrogen and oxygen atoms in total. The van der Waals surface area contributed by atoms with E-state index < -0.39 is 0 Å². The molecule has 0 aliphatic carbocycles. The molecule has 0 saturated heterocycles. The molecular formula is C38H34N6OPt. The first-order valence-corrected chi connectivity index (χ1v) is 14.9. The van der Waals surface area contributed by atoms with Crippen LogP contribution >= 0.6 is 0 Å². The summed E-state index contributed by atoms with van der Waals surface area (Å²) in [5.74, 6) is 2.04. The number of rotatable bonds is 7. The number of aryl methyl sites for hydroxylation is 2. The second kappa shape index (κ2) is 12.5. The first kappa shape index (κ1) is 31.1. The van der Waals surface area contributed by atoms with E-state index in [0.29, 0.717) is 11.5 Å². The Morgan fingerprint density at radius 1 is 0.739 bits per heavy atom. The smallest absolute Gasteiger partial charge is 0.509 e. The minimum atomic E-state index is 0. The molecule has 0 atom stereocenters.